The molecule has 0 aliphatic heterocycles. The van der Waals surface area contributed by atoms with Crippen molar-refractivity contribution in [1.29, 1.82) is 0 Å². The molecule has 0 saturated heterocycles. The van der Waals surface area contributed by atoms with Crippen LogP contribution in [-0.2, 0) is 14.3 Å². The van der Waals surface area contributed by atoms with Crippen LogP contribution < -0.4 is 11.1 Å². The second kappa shape index (κ2) is 6.48. The van der Waals surface area contributed by atoms with Crippen molar-refractivity contribution in [2.45, 2.75) is 52.2 Å². The molecule has 0 aromatic heterocycles. The van der Waals surface area contributed by atoms with Gasteiger partial charge in [-0.3, -0.25) is 9.59 Å². The zero-order valence-corrected chi connectivity index (χ0v) is 10.5. The Labute approximate surface area is 96.7 Å². The first kappa shape index (κ1) is 14.9. The molecule has 5 heteroatoms. The molecule has 0 bridgehead atoms. The fraction of sp³-hybridized carbons (Fsp3) is 0.818. The molecule has 0 aromatic rings. The van der Waals surface area contributed by atoms with E-state index < -0.39 is 11.6 Å². The van der Waals surface area contributed by atoms with Crippen molar-refractivity contribution < 1.29 is 14.3 Å². The molecule has 0 aromatic carbocycles. The Kier molecular flexibility index (Phi) is 6.03. The Morgan fingerprint density at radius 3 is 2.38 bits per heavy atom. The van der Waals surface area contributed by atoms with Gasteiger partial charge < -0.3 is 15.8 Å². The fourth-order valence-electron chi connectivity index (χ4n) is 1.10. The van der Waals surface area contributed by atoms with Crippen LogP contribution in [0.2, 0.25) is 0 Å². The van der Waals surface area contributed by atoms with Gasteiger partial charge in [-0.1, -0.05) is 0 Å². The number of amides is 1. The molecular weight excluding hydrogens is 208 g/mol. The zero-order valence-electron chi connectivity index (χ0n) is 10.5. The van der Waals surface area contributed by atoms with Gasteiger partial charge in [0.2, 0.25) is 5.91 Å². The molecule has 5 nitrogen and oxygen atoms in total. The van der Waals surface area contributed by atoms with Gasteiger partial charge in [0.05, 0.1) is 6.04 Å². The Morgan fingerprint density at radius 2 is 1.94 bits per heavy atom. The number of rotatable bonds is 5. The van der Waals surface area contributed by atoms with E-state index in [1.807, 2.05) is 6.92 Å². The minimum absolute atomic E-state index is 0.162. The number of hydrogen-bond donors (Lipinski definition) is 2. The van der Waals surface area contributed by atoms with Gasteiger partial charge in [-0.05, 0) is 34.1 Å². The maximum Gasteiger partial charge on any atom is 0.306 e. The highest BCUT2D eigenvalue weighted by molar-refractivity contribution is 5.82. The number of carbonyl (C=O) groups is 2. The lowest BCUT2D eigenvalue weighted by atomic mass is 10.1. The van der Waals surface area contributed by atoms with Gasteiger partial charge in [-0.25, -0.2) is 0 Å². The van der Waals surface area contributed by atoms with Crippen LogP contribution in [0.25, 0.3) is 0 Å². The number of ether oxygens (including phenoxy) is 1. The Bertz CT molecular complexity index is 246. The third-order valence-electron chi connectivity index (χ3n) is 1.77. The molecule has 3 N–H and O–H groups in total. The highest BCUT2D eigenvalue weighted by atomic mass is 16.6. The highest BCUT2D eigenvalue weighted by Crippen LogP contribution is 2.09. The average Bonchev–Trinajstić information content (AvgIpc) is 2.11. The Morgan fingerprint density at radius 1 is 1.38 bits per heavy atom. The summed E-state index contributed by atoms with van der Waals surface area (Å²) >= 11 is 0. The van der Waals surface area contributed by atoms with Crippen LogP contribution in [-0.4, -0.2) is 30.1 Å². The predicted octanol–water partition coefficient (Wildman–Crippen LogP) is 0.572. The normalized spacial score (nSPS) is 13.1. The lowest BCUT2D eigenvalue weighted by molar-refractivity contribution is -0.155. The lowest BCUT2D eigenvalue weighted by Crippen LogP contribution is -2.40. The van der Waals surface area contributed by atoms with Crippen LogP contribution in [0.5, 0.6) is 0 Å². The smallest absolute Gasteiger partial charge is 0.306 e. The van der Waals surface area contributed by atoms with Crippen molar-refractivity contribution in [3.8, 4) is 0 Å². The van der Waals surface area contributed by atoms with Crippen LogP contribution in [0.15, 0.2) is 0 Å². The van der Waals surface area contributed by atoms with E-state index in [0.717, 1.165) is 0 Å². The maximum atomic E-state index is 11.3. The molecule has 0 radical (unpaired) electrons. The van der Waals surface area contributed by atoms with Crippen LogP contribution in [0.3, 0.4) is 0 Å². The van der Waals surface area contributed by atoms with Crippen molar-refractivity contribution >= 4 is 11.9 Å². The lowest BCUT2D eigenvalue weighted by Gasteiger charge is -2.20. The summed E-state index contributed by atoms with van der Waals surface area (Å²) in [6.45, 7) is 7.76. The summed E-state index contributed by atoms with van der Waals surface area (Å²) in [5.74, 6) is -0.557. The van der Waals surface area contributed by atoms with Gasteiger partial charge in [-0.15, -0.1) is 0 Å². The summed E-state index contributed by atoms with van der Waals surface area (Å²) in [6, 6.07) is -0.646. The average molecular weight is 230 g/mol. The quantitative estimate of drug-likeness (QED) is 0.677. The van der Waals surface area contributed by atoms with Crippen molar-refractivity contribution in [3.05, 3.63) is 0 Å². The van der Waals surface area contributed by atoms with Gasteiger partial charge in [-0.2, -0.15) is 0 Å². The standard InChI is InChI=1S/C11H22N2O3/c1-5-13-10(15)8(12)6-7-9(14)16-11(2,3)4/h8H,5-7,12H2,1-4H3,(H,13,15). The van der Waals surface area contributed by atoms with Crippen molar-refractivity contribution in [3.63, 3.8) is 0 Å². The second-order valence-electron chi connectivity index (χ2n) is 4.63. The van der Waals surface area contributed by atoms with Crippen LogP contribution in [0.1, 0.15) is 40.5 Å². The van der Waals surface area contributed by atoms with E-state index in [9.17, 15) is 9.59 Å². The number of nitrogens with one attached hydrogen (secondary N) is 1. The molecule has 94 valence electrons. The first-order valence-corrected chi connectivity index (χ1v) is 5.51. The SMILES string of the molecule is CCNC(=O)C(N)CCC(=O)OC(C)(C)C. The summed E-state index contributed by atoms with van der Waals surface area (Å²) in [6.07, 6.45) is 0.469. The van der Waals surface area contributed by atoms with Gasteiger partial charge in [0, 0.05) is 13.0 Å². The summed E-state index contributed by atoms with van der Waals surface area (Å²) in [5, 5.41) is 2.60. The van der Waals surface area contributed by atoms with E-state index in [0.29, 0.717) is 13.0 Å². The molecule has 1 amide bonds. The van der Waals surface area contributed by atoms with E-state index in [4.69, 9.17) is 10.5 Å². The van der Waals surface area contributed by atoms with E-state index in [-0.39, 0.29) is 18.3 Å². The van der Waals surface area contributed by atoms with E-state index in [2.05, 4.69) is 5.32 Å². The minimum atomic E-state index is -0.646. The number of esters is 1. The third kappa shape index (κ3) is 7.23. The third-order valence-corrected chi connectivity index (χ3v) is 1.77. The van der Waals surface area contributed by atoms with Gasteiger partial charge >= 0.3 is 5.97 Å². The second-order valence-corrected chi connectivity index (χ2v) is 4.63. The van der Waals surface area contributed by atoms with Gasteiger partial charge in [0.1, 0.15) is 5.60 Å². The van der Waals surface area contributed by atoms with Gasteiger partial charge in [0.15, 0.2) is 0 Å². The monoisotopic (exact) mass is 230 g/mol. The highest BCUT2D eigenvalue weighted by Gasteiger charge is 2.19. The maximum absolute atomic E-state index is 11.3. The number of hydrogen-bond acceptors (Lipinski definition) is 4. The number of nitrogens with two attached hydrogens (primary N) is 1. The fourth-order valence-corrected chi connectivity index (χ4v) is 1.10. The summed E-state index contributed by atoms with van der Waals surface area (Å²) in [7, 11) is 0. The van der Waals surface area contributed by atoms with Crippen molar-refractivity contribution in [2.24, 2.45) is 5.73 Å². The molecule has 0 rings (SSSR count). The summed E-state index contributed by atoms with van der Waals surface area (Å²) < 4.78 is 5.10. The largest absolute Gasteiger partial charge is 0.460 e. The zero-order chi connectivity index (χ0) is 12.8. The van der Waals surface area contributed by atoms with Crippen LogP contribution >= 0.6 is 0 Å². The minimum Gasteiger partial charge on any atom is -0.460 e. The first-order valence-electron chi connectivity index (χ1n) is 5.51. The topological polar surface area (TPSA) is 81.4 Å². The predicted molar refractivity (Wildman–Crippen MR) is 61.7 cm³/mol. The van der Waals surface area contributed by atoms with Gasteiger partial charge in [0.25, 0.3) is 0 Å². The molecule has 0 heterocycles. The van der Waals surface area contributed by atoms with E-state index >= 15 is 0 Å². The number of likely N-dealkylation sites (N-methyl/N-ethyl adjacent to an activating group) is 1. The molecule has 0 fully saturated rings. The molecule has 1 atom stereocenters. The molecule has 0 saturated carbocycles. The molecule has 0 aliphatic rings. The Balaban J connectivity index is 3.88. The van der Waals surface area contributed by atoms with Crippen molar-refractivity contribution in [1.82, 2.24) is 5.32 Å². The van der Waals surface area contributed by atoms with Crippen LogP contribution in [0.4, 0.5) is 0 Å². The van der Waals surface area contributed by atoms with E-state index in [1.54, 1.807) is 20.8 Å². The molecule has 0 spiro atoms. The summed E-state index contributed by atoms with van der Waals surface area (Å²) in [4.78, 5) is 22.6. The first-order chi connectivity index (χ1) is 7.26. The number of carbonyl (C=O) groups excluding carboxylic acids is 2. The molecule has 1 unspecified atom stereocenters. The molecule has 0 aliphatic carbocycles. The van der Waals surface area contributed by atoms with Crippen molar-refractivity contribution in [2.75, 3.05) is 6.54 Å². The van der Waals surface area contributed by atoms with Crippen LogP contribution in [0, 0.1) is 0 Å². The van der Waals surface area contributed by atoms with E-state index in [1.165, 1.54) is 0 Å². The molecular formula is C11H22N2O3. The Hall–Kier alpha value is -1.10. The molecule has 16 heavy (non-hydrogen) atoms. The summed E-state index contributed by atoms with van der Waals surface area (Å²) in [5.41, 5.74) is 5.10.